The van der Waals surface area contributed by atoms with Gasteiger partial charge < -0.3 is 19.9 Å². The third kappa shape index (κ3) is 4.47. The molecule has 1 saturated heterocycles. The Bertz CT molecular complexity index is 912. The molecule has 2 aliphatic heterocycles. The summed E-state index contributed by atoms with van der Waals surface area (Å²) >= 11 is 3.38. The monoisotopic (exact) mass is 497 g/mol. The van der Waals surface area contributed by atoms with Crippen LogP contribution in [0, 0.1) is 11.7 Å². The molecule has 0 aromatic heterocycles. The fourth-order valence-corrected chi connectivity index (χ4v) is 5.04. The molecule has 2 heterocycles. The lowest BCUT2D eigenvalue weighted by atomic mass is 9.73. The van der Waals surface area contributed by atoms with Crippen molar-refractivity contribution in [3.63, 3.8) is 0 Å². The summed E-state index contributed by atoms with van der Waals surface area (Å²) in [6.45, 7) is 1.97. The Morgan fingerprint density at radius 1 is 1.42 bits per heavy atom. The molecule has 4 rings (SSSR count). The second-order valence-electron chi connectivity index (χ2n) is 8.66. The highest BCUT2D eigenvalue weighted by Gasteiger charge is 2.47. The van der Waals surface area contributed by atoms with Crippen LogP contribution in [0.15, 0.2) is 27.8 Å². The number of hydrogen-bond acceptors (Lipinski definition) is 6. The van der Waals surface area contributed by atoms with Crippen molar-refractivity contribution in [1.82, 2.24) is 10.7 Å². The number of rotatable bonds is 5. The van der Waals surface area contributed by atoms with Gasteiger partial charge >= 0.3 is 6.09 Å². The number of carbonyl (C=O) groups excluding carboxylic acids is 2. The highest BCUT2D eigenvalue weighted by Crippen LogP contribution is 2.41. The number of nitrogens with one attached hydrogen (secondary N) is 2. The maximum atomic E-state index is 13.6. The minimum Gasteiger partial charge on any atom is -0.435 e. The van der Waals surface area contributed by atoms with E-state index in [1.807, 2.05) is 6.92 Å². The molecule has 168 valence electrons. The van der Waals surface area contributed by atoms with E-state index < -0.39 is 23.2 Å². The first-order valence-corrected chi connectivity index (χ1v) is 11.1. The number of amides is 2. The maximum Gasteiger partial charge on any atom is 0.428 e. The van der Waals surface area contributed by atoms with Gasteiger partial charge in [-0.25, -0.2) is 14.6 Å². The Kier molecular flexibility index (Phi) is 6.06. The van der Waals surface area contributed by atoms with Crippen molar-refractivity contribution in [2.24, 2.45) is 11.0 Å². The summed E-state index contributed by atoms with van der Waals surface area (Å²) in [7, 11) is 0. The second kappa shape index (κ2) is 8.48. The lowest BCUT2D eigenvalue weighted by Gasteiger charge is -2.42. The largest absolute Gasteiger partial charge is 0.435 e. The third-order valence-corrected chi connectivity index (χ3v) is 6.90. The molecule has 1 saturated carbocycles. The molecule has 2 fully saturated rings. The summed E-state index contributed by atoms with van der Waals surface area (Å²) in [6, 6.07) is 4.23. The molecule has 1 aliphatic carbocycles. The van der Waals surface area contributed by atoms with Gasteiger partial charge in [-0.3, -0.25) is 4.79 Å². The standard InChI is InChI=1S/C21H25BrFN3O5/c1-12(24-18(27)20(29)10-30-11-20)8-13-4-6-21(7-5-13)17(25-26-19(28)31-21)15-3-2-14(23)9-16(15)22/h2-3,9,12-13,29H,4-8,10-11H2,1H3,(H,24,27)(H,26,28)/t12-,13?,21?/m0/s1. The van der Waals surface area contributed by atoms with Gasteiger partial charge in [-0.15, -0.1) is 0 Å². The van der Waals surface area contributed by atoms with E-state index in [2.05, 4.69) is 31.8 Å². The smallest absolute Gasteiger partial charge is 0.428 e. The van der Waals surface area contributed by atoms with Gasteiger partial charge in [-0.2, -0.15) is 5.10 Å². The Hall–Kier alpha value is -2.04. The summed E-state index contributed by atoms with van der Waals surface area (Å²) < 4.78 is 24.8. The Balaban J connectivity index is 1.41. The zero-order valence-corrected chi connectivity index (χ0v) is 18.7. The molecule has 1 atom stereocenters. The Labute approximate surface area is 187 Å². The summed E-state index contributed by atoms with van der Waals surface area (Å²) in [5, 5.41) is 17.2. The van der Waals surface area contributed by atoms with Crippen molar-refractivity contribution in [2.75, 3.05) is 13.2 Å². The van der Waals surface area contributed by atoms with Crippen LogP contribution >= 0.6 is 15.9 Å². The molecule has 2 amide bonds. The molecule has 10 heteroatoms. The van der Waals surface area contributed by atoms with Crippen molar-refractivity contribution in [3.8, 4) is 0 Å². The Morgan fingerprint density at radius 3 is 2.74 bits per heavy atom. The van der Waals surface area contributed by atoms with Crippen LogP contribution in [0.5, 0.6) is 0 Å². The first kappa shape index (κ1) is 22.2. The van der Waals surface area contributed by atoms with Crippen LogP contribution in [0.1, 0.15) is 44.6 Å². The number of hydrogen-bond donors (Lipinski definition) is 3. The number of ether oxygens (including phenoxy) is 2. The minimum absolute atomic E-state index is 0.0258. The van der Waals surface area contributed by atoms with Gasteiger partial charge in [0.2, 0.25) is 0 Å². The van der Waals surface area contributed by atoms with Gasteiger partial charge in [0.15, 0.2) is 11.2 Å². The molecule has 3 N–H and O–H groups in total. The van der Waals surface area contributed by atoms with Gasteiger partial charge in [0.05, 0.1) is 13.2 Å². The normalized spacial score (nSPS) is 28.1. The molecule has 3 aliphatic rings. The molecular weight excluding hydrogens is 473 g/mol. The van der Waals surface area contributed by atoms with Crippen LogP contribution < -0.4 is 10.7 Å². The van der Waals surface area contributed by atoms with E-state index in [0.29, 0.717) is 34.5 Å². The van der Waals surface area contributed by atoms with Crippen LogP contribution in [-0.4, -0.2) is 53.3 Å². The van der Waals surface area contributed by atoms with Crippen molar-refractivity contribution < 1.29 is 28.6 Å². The van der Waals surface area contributed by atoms with E-state index in [-0.39, 0.29) is 25.1 Å². The molecule has 0 radical (unpaired) electrons. The molecule has 31 heavy (non-hydrogen) atoms. The van der Waals surface area contributed by atoms with Crippen LogP contribution in [0.25, 0.3) is 0 Å². The molecule has 1 aromatic rings. The van der Waals surface area contributed by atoms with E-state index in [1.165, 1.54) is 12.1 Å². The molecule has 0 unspecified atom stereocenters. The fourth-order valence-electron chi connectivity index (χ4n) is 4.50. The number of nitrogens with zero attached hydrogens (tertiary/aromatic N) is 1. The van der Waals surface area contributed by atoms with Gasteiger partial charge in [0, 0.05) is 16.1 Å². The quantitative estimate of drug-likeness (QED) is 0.579. The molecule has 0 bridgehead atoms. The number of carbonyl (C=O) groups is 2. The number of hydrazone groups is 1. The van der Waals surface area contributed by atoms with Crippen LogP contribution in [0.2, 0.25) is 0 Å². The van der Waals surface area contributed by atoms with E-state index in [1.54, 1.807) is 6.07 Å². The Morgan fingerprint density at radius 2 is 2.13 bits per heavy atom. The zero-order chi connectivity index (χ0) is 22.2. The first-order valence-electron chi connectivity index (χ1n) is 10.3. The number of benzene rings is 1. The van der Waals surface area contributed by atoms with E-state index in [9.17, 15) is 19.1 Å². The lowest BCUT2D eigenvalue weighted by molar-refractivity contribution is -0.191. The van der Waals surface area contributed by atoms with Crippen LogP contribution in [-0.2, 0) is 14.3 Å². The number of halogens is 2. The van der Waals surface area contributed by atoms with Gasteiger partial charge in [-0.05, 0) is 63.1 Å². The van der Waals surface area contributed by atoms with Crippen LogP contribution in [0.3, 0.4) is 0 Å². The van der Waals surface area contributed by atoms with Crippen LogP contribution in [0.4, 0.5) is 9.18 Å². The SMILES string of the molecule is C[C@@H](CC1CCC2(CC1)OC(=O)NN=C2c1ccc(F)cc1Br)NC(=O)C1(O)COC1. The maximum absolute atomic E-state index is 13.6. The number of aliphatic hydroxyl groups is 1. The predicted octanol–water partition coefficient (Wildman–Crippen LogP) is 2.62. The van der Waals surface area contributed by atoms with Crippen molar-refractivity contribution in [2.45, 2.75) is 56.3 Å². The average molecular weight is 498 g/mol. The van der Waals surface area contributed by atoms with Gasteiger partial charge in [0.1, 0.15) is 11.5 Å². The fraction of sp³-hybridized carbons (Fsp3) is 0.571. The molecular formula is C21H25BrFN3O5. The highest BCUT2D eigenvalue weighted by atomic mass is 79.9. The molecule has 1 aromatic carbocycles. The van der Waals surface area contributed by atoms with E-state index in [0.717, 1.165) is 19.3 Å². The average Bonchev–Trinajstić information content (AvgIpc) is 2.69. The third-order valence-electron chi connectivity index (χ3n) is 6.25. The summed E-state index contributed by atoms with van der Waals surface area (Å²) in [5.74, 6) is -0.454. The summed E-state index contributed by atoms with van der Waals surface area (Å²) in [5.41, 5.74) is 1.33. The van der Waals surface area contributed by atoms with Crippen molar-refractivity contribution in [1.29, 1.82) is 0 Å². The lowest BCUT2D eigenvalue weighted by Crippen LogP contribution is -2.61. The summed E-state index contributed by atoms with van der Waals surface area (Å²) in [6.07, 6.45) is 2.85. The van der Waals surface area contributed by atoms with Gasteiger partial charge in [0.25, 0.3) is 5.91 Å². The van der Waals surface area contributed by atoms with E-state index >= 15 is 0 Å². The highest BCUT2D eigenvalue weighted by molar-refractivity contribution is 9.10. The topological polar surface area (TPSA) is 109 Å². The summed E-state index contributed by atoms with van der Waals surface area (Å²) in [4.78, 5) is 24.1. The zero-order valence-electron chi connectivity index (χ0n) is 17.1. The van der Waals surface area contributed by atoms with Crippen molar-refractivity contribution in [3.05, 3.63) is 34.1 Å². The molecule has 8 nitrogen and oxygen atoms in total. The minimum atomic E-state index is -1.41. The van der Waals surface area contributed by atoms with Crippen molar-refractivity contribution >= 4 is 33.6 Å². The first-order chi connectivity index (χ1) is 14.7. The molecule has 1 spiro atoms. The second-order valence-corrected chi connectivity index (χ2v) is 9.51. The van der Waals surface area contributed by atoms with Gasteiger partial charge in [-0.1, -0.05) is 15.9 Å². The predicted molar refractivity (Wildman–Crippen MR) is 113 cm³/mol. The van der Waals surface area contributed by atoms with E-state index in [4.69, 9.17) is 9.47 Å².